The quantitative estimate of drug-likeness (QED) is 0.508. The van der Waals surface area contributed by atoms with Crippen molar-refractivity contribution in [3.8, 4) is 0 Å². The summed E-state index contributed by atoms with van der Waals surface area (Å²) < 4.78 is 26.9. The number of carbonyl (C=O) groups excluding carboxylic acids is 1. The van der Waals surface area contributed by atoms with Gasteiger partial charge in [-0.05, 0) is 73.2 Å². The summed E-state index contributed by atoms with van der Waals surface area (Å²) in [6.45, 7) is 6.57. The zero-order chi connectivity index (χ0) is 23.4. The number of hydrogen-bond acceptors (Lipinski definition) is 4. The van der Waals surface area contributed by atoms with E-state index in [0.29, 0.717) is 18.1 Å². The molecule has 33 heavy (non-hydrogen) atoms. The van der Waals surface area contributed by atoms with Crippen molar-refractivity contribution in [2.45, 2.75) is 39.7 Å². The van der Waals surface area contributed by atoms with E-state index in [9.17, 15) is 13.6 Å². The molecule has 4 rings (SSSR count). The molecule has 2 N–H and O–H groups in total. The molecule has 0 spiro atoms. The number of aryl methyl sites for hydroxylation is 2. The van der Waals surface area contributed by atoms with Gasteiger partial charge in [0.1, 0.15) is 17.5 Å². The summed E-state index contributed by atoms with van der Waals surface area (Å²) >= 11 is 0. The van der Waals surface area contributed by atoms with Gasteiger partial charge in [0.2, 0.25) is 5.91 Å². The minimum absolute atomic E-state index is 0.124. The minimum atomic E-state index is -0.698. The Bertz CT molecular complexity index is 1120. The van der Waals surface area contributed by atoms with Gasteiger partial charge >= 0.3 is 0 Å². The third-order valence-electron chi connectivity index (χ3n) is 5.93. The Hall–Kier alpha value is -3.48. The molecule has 1 fully saturated rings. The second kappa shape index (κ2) is 9.98. The maximum atomic E-state index is 13.5. The lowest BCUT2D eigenvalue weighted by Gasteiger charge is -2.22. The van der Waals surface area contributed by atoms with Crippen LogP contribution in [0.25, 0.3) is 0 Å². The first kappa shape index (κ1) is 22.7. The van der Waals surface area contributed by atoms with Gasteiger partial charge in [-0.1, -0.05) is 18.2 Å². The van der Waals surface area contributed by atoms with E-state index in [1.165, 1.54) is 28.8 Å². The Balaban J connectivity index is 1.52. The number of nitrogens with zero attached hydrogens (tertiary/aromatic N) is 2. The fourth-order valence-corrected chi connectivity index (χ4v) is 4.21. The van der Waals surface area contributed by atoms with Crippen molar-refractivity contribution in [3.63, 3.8) is 0 Å². The number of aromatic nitrogens is 1. The second-order valence-corrected chi connectivity index (χ2v) is 8.49. The van der Waals surface area contributed by atoms with E-state index in [2.05, 4.69) is 41.5 Å². The highest BCUT2D eigenvalue weighted by Gasteiger charge is 2.20. The van der Waals surface area contributed by atoms with Gasteiger partial charge in [0, 0.05) is 25.7 Å². The number of anilines is 3. The van der Waals surface area contributed by atoms with Crippen LogP contribution in [-0.4, -0.2) is 24.0 Å². The van der Waals surface area contributed by atoms with E-state index in [1.54, 1.807) is 0 Å². The lowest BCUT2D eigenvalue weighted by atomic mass is 10.0. The Kier molecular flexibility index (Phi) is 6.87. The normalized spacial score (nSPS) is 13.3. The predicted molar refractivity (Wildman–Crippen MR) is 128 cm³/mol. The molecule has 172 valence electrons. The van der Waals surface area contributed by atoms with Crippen molar-refractivity contribution >= 4 is 23.2 Å². The Morgan fingerprint density at radius 1 is 1.00 bits per heavy atom. The van der Waals surface area contributed by atoms with E-state index in [0.717, 1.165) is 37.8 Å². The number of benzene rings is 2. The van der Waals surface area contributed by atoms with Crippen LogP contribution in [0.15, 0.2) is 48.5 Å². The zero-order valence-corrected chi connectivity index (χ0v) is 18.9. The summed E-state index contributed by atoms with van der Waals surface area (Å²) in [4.78, 5) is 19.6. The van der Waals surface area contributed by atoms with Gasteiger partial charge in [-0.25, -0.2) is 13.8 Å². The van der Waals surface area contributed by atoms with Gasteiger partial charge < -0.3 is 15.5 Å². The zero-order valence-electron chi connectivity index (χ0n) is 18.9. The van der Waals surface area contributed by atoms with Crippen molar-refractivity contribution in [2.75, 3.05) is 28.6 Å². The SMILES string of the molecule is Cc1cccc(C)c1CNc1ccc(NC(=O)Cc2cc(F)cc(F)c2)c(N2CCCC2)n1. The molecule has 3 aromatic rings. The van der Waals surface area contributed by atoms with Crippen LogP contribution in [0.4, 0.5) is 26.1 Å². The molecule has 0 aliphatic carbocycles. The average molecular weight is 451 g/mol. The highest BCUT2D eigenvalue weighted by Crippen LogP contribution is 2.29. The number of pyridine rings is 1. The van der Waals surface area contributed by atoms with E-state index in [4.69, 9.17) is 4.98 Å². The number of halogens is 2. The molecule has 0 bridgehead atoms. The number of hydrogen-bond donors (Lipinski definition) is 2. The highest BCUT2D eigenvalue weighted by atomic mass is 19.1. The largest absolute Gasteiger partial charge is 0.366 e. The Labute approximate surface area is 192 Å². The minimum Gasteiger partial charge on any atom is -0.366 e. The maximum Gasteiger partial charge on any atom is 0.228 e. The molecule has 2 heterocycles. The van der Waals surface area contributed by atoms with Gasteiger partial charge in [0.15, 0.2) is 5.82 Å². The molecule has 1 saturated heterocycles. The number of rotatable bonds is 7. The molecule has 0 radical (unpaired) electrons. The number of nitrogens with one attached hydrogen (secondary N) is 2. The maximum absolute atomic E-state index is 13.5. The van der Waals surface area contributed by atoms with E-state index in [-0.39, 0.29) is 17.9 Å². The monoisotopic (exact) mass is 450 g/mol. The summed E-state index contributed by atoms with van der Waals surface area (Å²) in [5, 5.41) is 6.28. The summed E-state index contributed by atoms with van der Waals surface area (Å²) in [7, 11) is 0. The summed E-state index contributed by atoms with van der Waals surface area (Å²) in [5.41, 5.74) is 4.56. The molecule has 0 atom stereocenters. The fraction of sp³-hybridized carbons (Fsp3) is 0.308. The van der Waals surface area contributed by atoms with Crippen LogP contribution >= 0.6 is 0 Å². The molecule has 1 aliphatic heterocycles. The standard InChI is InChI=1S/C26H28F2N4O/c1-17-6-5-7-18(2)22(17)16-29-24-9-8-23(26(31-24)32-10-3-4-11-32)30-25(33)14-19-12-20(27)15-21(28)13-19/h5-9,12-13,15H,3-4,10-11,14,16H2,1-2H3,(H,29,31)(H,30,33). The molecule has 5 nitrogen and oxygen atoms in total. The van der Waals surface area contributed by atoms with Crippen molar-refractivity contribution in [1.82, 2.24) is 4.98 Å². The molecular formula is C26H28F2N4O. The van der Waals surface area contributed by atoms with Gasteiger partial charge in [-0.15, -0.1) is 0 Å². The lowest BCUT2D eigenvalue weighted by molar-refractivity contribution is -0.115. The Morgan fingerprint density at radius 3 is 2.33 bits per heavy atom. The van der Waals surface area contributed by atoms with Crippen molar-refractivity contribution < 1.29 is 13.6 Å². The Morgan fingerprint density at radius 2 is 1.67 bits per heavy atom. The molecule has 2 aromatic carbocycles. The van der Waals surface area contributed by atoms with Crippen LogP contribution in [-0.2, 0) is 17.8 Å². The average Bonchev–Trinajstić information content (AvgIpc) is 3.28. The van der Waals surface area contributed by atoms with Gasteiger partial charge in [-0.2, -0.15) is 0 Å². The first-order chi connectivity index (χ1) is 15.9. The highest BCUT2D eigenvalue weighted by molar-refractivity contribution is 5.95. The van der Waals surface area contributed by atoms with Crippen molar-refractivity contribution in [3.05, 3.63) is 82.4 Å². The van der Waals surface area contributed by atoms with E-state index in [1.807, 2.05) is 18.2 Å². The fourth-order valence-electron chi connectivity index (χ4n) is 4.21. The smallest absolute Gasteiger partial charge is 0.228 e. The predicted octanol–water partition coefficient (Wildman–Crippen LogP) is 5.37. The molecule has 0 unspecified atom stereocenters. The van der Waals surface area contributed by atoms with Crippen LogP contribution in [0.5, 0.6) is 0 Å². The first-order valence-corrected chi connectivity index (χ1v) is 11.2. The van der Waals surface area contributed by atoms with E-state index < -0.39 is 11.6 Å². The summed E-state index contributed by atoms with van der Waals surface area (Å²) in [6.07, 6.45) is 2.01. The van der Waals surface area contributed by atoms with Gasteiger partial charge in [-0.3, -0.25) is 4.79 Å². The third kappa shape index (κ3) is 5.66. The van der Waals surface area contributed by atoms with Crippen LogP contribution in [0, 0.1) is 25.5 Å². The number of carbonyl (C=O) groups is 1. The van der Waals surface area contributed by atoms with Crippen molar-refractivity contribution in [1.29, 1.82) is 0 Å². The van der Waals surface area contributed by atoms with Crippen LogP contribution in [0.2, 0.25) is 0 Å². The van der Waals surface area contributed by atoms with Gasteiger partial charge in [0.05, 0.1) is 12.1 Å². The summed E-state index contributed by atoms with van der Waals surface area (Å²) in [5.74, 6) is -0.311. The molecular weight excluding hydrogens is 422 g/mol. The second-order valence-electron chi connectivity index (χ2n) is 8.49. The summed E-state index contributed by atoms with van der Waals surface area (Å²) in [6, 6.07) is 13.0. The van der Waals surface area contributed by atoms with Gasteiger partial charge in [0.25, 0.3) is 0 Å². The number of amides is 1. The van der Waals surface area contributed by atoms with Crippen LogP contribution in [0.1, 0.15) is 35.1 Å². The molecule has 7 heteroatoms. The van der Waals surface area contributed by atoms with Crippen molar-refractivity contribution in [2.24, 2.45) is 0 Å². The molecule has 1 aliphatic rings. The van der Waals surface area contributed by atoms with Crippen LogP contribution < -0.4 is 15.5 Å². The molecule has 1 amide bonds. The molecule has 0 saturated carbocycles. The van der Waals surface area contributed by atoms with E-state index >= 15 is 0 Å². The molecule has 1 aromatic heterocycles. The first-order valence-electron chi connectivity index (χ1n) is 11.2. The third-order valence-corrected chi connectivity index (χ3v) is 5.93. The topological polar surface area (TPSA) is 57.3 Å². The van der Waals surface area contributed by atoms with Crippen LogP contribution in [0.3, 0.4) is 0 Å². The lowest BCUT2D eigenvalue weighted by Crippen LogP contribution is -2.23.